The lowest BCUT2D eigenvalue weighted by molar-refractivity contribution is -0.260. The van der Waals surface area contributed by atoms with Gasteiger partial charge >= 0.3 is 0 Å². The van der Waals surface area contributed by atoms with Crippen LogP contribution < -0.4 is 0 Å². The number of ether oxygens (including phenoxy) is 3. The number of rotatable bonds is 2. The van der Waals surface area contributed by atoms with Crippen LogP contribution in [-0.4, -0.2) is 81.3 Å². The smallest absolute Gasteiger partial charge is 0.181 e. The van der Waals surface area contributed by atoms with Crippen LogP contribution >= 0.6 is 0 Å². The van der Waals surface area contributed by atoms with Crippen LogP contribution in [0.25, 0.3) is 0 Å². The van der Waals surface area contributed by atoms with Gasteiger partial charge in [0.15, 0.2) is 12.6 Å². The molecule has 8 nitrogen and oxygen atoms in total. The lowest BCUT2D eigenvalue weighted by atomic mass is 9.38. The van der Waals surface area contributed by atoms with Crippen molar-refractivity contribution < 1.29 is 39.7 Å². The molecule has 17 atom stereocenters. The molecule has 8 heteroatoms. The minimum atomic E-state index is -1.14. The highest BCUT2D eigenvalue weighted by Gasteiger charge is 2.63. The number of hydrogen-bond acceptors (Lipinski definition) is 8. The second-order valence-electron chi connectivity index (χ2n) is 16.7. The second-order valence-corrected chi connectivity index (χ2v) is 16.7. The first-order valence-corrected chi connectivity index (χ1v) is 18.7. The molecule has 0 aromatic rings. The Labute approximate surface area is 278 Å². The molecule has 7 aliphatic rings. The van der Waals surface area contributed by atoms with Crippen LogP contribution in [0.15, 0.2) is 12.7 Å². The summed E-state index contributed by atoms with van der Waals surface area (Å²) in [5.41, 5.74) is 0.981. The molecule has 5 aliphatic carbocycles. The van der Waals surface area contributed by atoms with E-state index in [2.05, 4.69) is 27.4 Å². The summed E-state index contributed by atoms with van der Waals surface area (Å²) in [6.07, 6.45) is 13.2. The Morgan fingerprint density at radius 2 is 1.43 bits per heavy atom. The monoisotopic (exact) mass is 650 g/mol. The molecule has 0 amide bonds. The van der Waals surface area contributed by atoms with Gasteiger partial charge in [0, 0.05) is 12.8 Å². The molecule has 15 unspecified atom stereocenters. The summed E-state index contributed by atoms with van der Waals surface area (Å²) < 4.78 is 17.0. The van der Waals surface area contributed by atoms with Gasteiger partial charge in [-0.3, -0.25) is 0 Å². The van der Waals surface area contributed by atoms with Gasteiger partial charge in [0.25, 0.3) is 0 Å². The third-order valence-corrected chi connectivity index (χ3v) is 14.3. The Morgan fingerprint density at radius 1 is 0.739 bits per heavy atom. The van der Waals surface area contributed by atoms with Crippen LogP contribution in [0.5, 0.6) is 0 Å². The molecule has 46 heavy (non-hydrogen) atoms. The fourth-order valence-electron chi connectivity index (χ4n) is 11.9. The third kappa shape index (κ3) is 7.17. The molecule has 5 N–H and O–H groups in total. The molecular weight excluding hydrogens is 584 g/mol. The van der Waals surface area contributed by atoms with Gasteiger partial charge in [0.1, 0.15) is 12.2 Å². The Hall–Kier alpha value is -0.580. The van der Waals surface area contributed by atoms with Crippen molar-refractivity contribution in [3.8, 4) is 0 Å². The standard InChI is InChI=1S/C29H48O4.C6H12O4.C3H6/c1-17-21-11-13-29(3)22-9-7-18-5-4-6-19(18)20(22)8-10-26(29)28(21,2)14-12-25(17)33-27-15-23(30)24(31)16-32-27;1-3-4(7)2-5(8)6(9)10-3;1-3-2/h17-27,30-31H,4-16H2,1-3H3;3-9H,2H2,1H3;3H,1H2,2H3/t;3-,4?,5+,6?;/m.0./s1. The molecule has 0 spiro atoms. The predicted octanol–water partition coefficient (Wildman–Crippen LogP) is 5.57. The maximum absolute atomic E-state index is 10.1. The summed E-state index contributed by atoms with van der Waals surface area (Å²) in [6, 6.07) is 0. The number of hydrogen-bond donors (Lipinski definition) is 5. The van der Waals surface area contributed by atoms with Crippen LogP contribution in [0, 0.1) is 52.3 Å². The molecule has 266 valence electrons. The van der Waals surface area contributed by atoms with E-state index in [4.69, 9.17) is 29.5 Å². The van der Waals surface area contributed by atoms with E-state index in [0.717, 1.165) is 41.9 Å². The molecule has 0 aromatic carbocycles. The molecule has 2 heterocycles. The normalized spacial score (nSPS) is 53.0. The second kappa shape index (κ2) is 15.1. The van der Waals surface area contributed by atoms with Crippen LogP contribution in [0.4, 0.5) is 0 Å². The van der Waals surface area contributed by atoms with Crippen LogP contribution in [0.3, 0.4) is 0 Å². The Balaban J connectivity index is 0.000000271. The molecular formula is C38H66O8. The summed E-state index contributed by atoms with van der Waals surface area (Å²) in [5, 5.41) is 46.7. The summed E-state index contributed by atoms with van der Waals surface area (Å²) >= 11 is 0. The van der Waals surface area contributed by atoms with E-state index in [9.17, 15) is 10.2 Å². The Kier molecular flexibility index (Phi) is 12.1. The highest BCUT2D eigenvalue weighted by atomic mass is 16.7. The average molecular weight is 651 g/mol. The van der Waals surface area contributed by atoms with Gasteiger partial charge in [-0.15, -0.1) is 6.58 Å². The van der Waals surface area contributed by atoms with E-state index >= 15 is 0 Å². The van der Waals surface area contributed by atoms with Crippen molar-refractivity contribution in [2.24, 2.45) is 52.3 Å². The minimum Gasteiger partial charge on any atom is -0.390 e. The van der Waals surface area contributed by atoms with Gasteiger partial charge in [-0.05, 0) is 124 Å². The maximum atomic E-state index is 10.1. The van der Waals surface area contributed by atoms with Crippen molar-refractivity contribution in [2.45, 2.75) is 167 Å². The average Bonchev–Trinajstić information content (AvgIpc) is 3.50. The number of aliphatic hydroxyl groups is 5. The van der Waals surface area contributed by atoms with Crippen LogP contribution in [-0.2, 0) is 14.2 Å². The molecule has 7 rings (SSSR count). The first kappa shape index (κ1) is 36.7. The maximum Gasteiger partial charge on any atom is 0.181 e. The molecule has 2 saturated heterocycles. The number of allylic oxidation sites excluding steroid dienone is 1. The molecule has 2 aliphatic heterocycles. The van der Waals surface area contributed by atoms with Crippen molar-refractivity contribution in [3.63, 3.8) is 0 Å². The summed E-state index contributed by atoms with van der Waals surface area (Å²) in [4.78, 5) is 0. The molecule has 0 aromatic heterocycles. The Morgan fingerprint density at radius 3 is 2.13 bits per heavy atom. The molecule has 5 saturated carbocycles. The fraction of sp³-hybridized carbons (Fsp3) is 0.947. The lowest BCUT2D eigenvalue weighted by Gasteiger charge is -2.67. The van der Waals surface area contributed by atoms with E-state index in [1.165, 1.54) is 64.2 Å². The van der Waals surface area contributed by atoms with Gasteiger partial charge in [0.2, 0.25) is 0 Å². The molecule has 0 radical (unpaired) electrons. The topological polar surface area (TPSA) is 129 Å². The zero-order valence-corrected chi connectivity index (χ0v) is 29.3. The highest BCUT2D eigenvalue weighted by Crippen LogP contribution is 2.70. The first-order valence-electron chi connectivity index (χ1n) is 18.7. The summed E-state index contributed by atoms with van der Waals surface area (Å²) in [7, 11) is 0. The summed E-state index contributed by atoms with van der Waals surface area (Å²) in [5.74, 6) is 6.24. The zero-order valence-electron chi connectivity index (χ0n) is 29.3. The van der Waals surface area contributed by atoms with Crippen molar-refractivity contribution in [1.29, 1.82) is 0 Å². The molecule has 0 bridgehead atoms. The van der Waals surface area contributed by atoms with Gasteiger partial charge in [-0.1, -0.05) is 39.7 Å². The molecule has 7 fully saturated rings. The number of fused-ring (bicyclic) bond motifs is 7. The number of aliphatic hydroxyl groups excluding tert-OH is 5. The van der Waals surface area contributed by atoms with E-state index in [1.54, 1.807) is 13.0 Å². The Bertz CT molecular complexity index is 968. The first-order chi connectivity index (χ1) is 21.8. The van der Waals surface area contributed by atoms with Crippen LogP contribution in [0.1, 0.15) is 118 Å². The van der Waals surface area contributed by atoms with Crippen molar-refractivity contribution in [3.05, 3.63) is 12.7 Å². The van der Waals surface area contributed by atoms with Gasteiger partial charge in [-0.25, -0.2) is 0 Å². The largest absolute Gasteiger partial charge is 0.390 e. The van der Waals surface area contributed by atoms with Crippen molar-refractivity contribution in [2.75, 3.05) is 6.61 Å². The predicted molar refractivity (Wildman–Crippen MR) is 177 cm³/mol. The third-order valence-electron chi connectivity index (χ3n) is 14.3. The van der Waals surface area contributed by atoms with Crippen LogP contribution in [0.2, 0.25) is 0 Å². The lowest BCUT2D eigenvalue weighted by Crippen LogP contribution is -2.60. The van der Waals surface area contributed by atoms with Gasteiger partial charge in [-0.2, -0.15) is 0 Å². The van der Waals surface area contributed by atoms with E-state index in [-0.39, 0.29) is 25.4 Å². The van der Waals surface area contributed by atoms with E-state index in [0.29, 0.717) is 23.2 Å². The zero-order chi connectivity index (χ0) is 33.4. The van der Waals surface area contributed by atoms with Crippen molar-refractivity contribution in [1.82, 2.24) is 0 Å². The SMILES string of the molecule is C=CC.CC1C(OC2CC(O)C(O)CO2)CCC2(C)C1CCC1(C)C3CCC4CCCC4C3CCC21.C[C@@H]1OC(O)[C@H](O)CC1O. The minimum absolute atomic E-state index is 0.179. The van der Waals surface area contributed by atoms with Crippen molar-refractivity contribution >= 4 is 0 Å². The summed E-state index contributed by atoms with van der Waals surface area (Å²) in [6.45, 7) is 14.9. The van der Waals surface area contributed by atoms with Gasteiger partial charge < -0.3 is 39.7 Å². The quantitative estimate of drug-likeness (QED) is 0.194. The van der Waals surface area contributed by atoms with Gasteiger partial charge in [0.05, 0.1) is 31.0 Å². The van der Waals surface area contributed by atoms with E-state index < -0.39 is 36.8 Å². The highest BCUT2D eigenvalue weighted by molar-refractivity contribution is 5.12. The fourth-order valence-corrected chi connectivity index (χ4v) is 11.9. The van der Waals surface area contributed by atoms with E-state index in [1.807, 2.05) is 6.92 Å².